The van der Waals surface area contributed by atoms with Crippen molar-refractivity contribution in [1.82, 2.24) is 9.80 Å². The van der Waals surface area contributed by atoms with Crippen LogP contribution < -0.4 is 0 Å². The number of ether oxygens (including phenoxy) is 2. The topological polar surface area (TPSA) is 79.3 Å². The zero-order valence-electron chi connectivity index (χ0n) is 14.7. The lowest BCUT2D eigenvalue weighted by atomic mass is 9.83. The predicted octanol–water partition coefficient (Wildman–Crippen LogP) is 1.56. The minimum Gasteiger partial charge on any atom is -0.481 e. The van der Waals surface area contributed by atoms with Gasteiger partial charge in [-0.2, -0.15) is 0 Å². The Morgan fingerprint density at radius 3 is 2.43 bits per heavy atom. The molecule has 0 aromatic heterocycles. The summed E-state index contributed by atoms with van der Waals surface area (Å²) in [7, 11) is 1.94. The number of carbonyl (C=O) groups excluding carboxylic acids is 1. The van der Waals surface area contributed by atoms with Gasteiger partial charge >= 0.3 is 12.1 Å². The Morgan fingerprint density at radius 2 is 2.00 bits per heavy atom. The summed E-state index contributed by atoms with van der Waals surface area (Å²) in [6, 6.07) is 0.176. The summed E-state index contributed by atoms with van der Waals surface area (Å²) in [5.41, 5.74) is -1.10. The second kappa shape index (κ2) is 6.28. The van der Waals surface area contributed by atoms with Crippen LogP contribution in [0.2, 0.25) is 0 Å². The molecule has 2 aliphatic heterocycles. The third-order valence-electron chi connectivity index (χ3n) is 4.68. The van der Waals surface area contributed by atoms with Crippen molar-refractivity contribution >= 4 is 12.1 Å². The number of rotatable bonds is 4. The van der Waals surface area contributed by atoms with Crippen molar-refractivity contribution < 1.29 is 24.2 Å². The number of carboxylic acid groups (broad SMARTS) is 1. The Morgan fingerprint density at radius 1 is 1.39 bits per heavy atom. The zero-order valence-corrected chi connectivity index (χ0v) is 14.7. The molecular weight excluding hydrogens is 300 g/mol. The molecule has 1 N–H and O–H groups in total. The van der Waals surface area contributed by atoms with Gasteiger partial charge < -0.3 is 19.5 Å². The third kappa shape index (κ3) is 3.95. The number of carboxylic acids is 1. The predicted molar refractivity (Wildman–Crippen MR) is 84.4 cm³/mol. The maximum atomic E-state index is 12.1. The lowest BCUT2D eigenvalue weighted by molar-refractivity contribution is -0.147. The summed E-state index contributed by atoms with van der Waals surface area (Å²) in [6.45, 7) is 8.89. The van der Waals surface area contributed by atoms with Gasteiger partial charge in [-0.1, -0.05) is 0 Å². The van der Waals surface area contributed by atoms with Crippen LogP contribution in [-0.2, 0) is 14.3 Å². The van der Waals surface area contributed by atoms with Crippen LogP contribution in [0.15, 0.2) is 0 Å². The second-order valence-electron chi connectivity index (χ2n) is 7.67. The van der Waals surface area contributed by atoms with Crippen molar-refractivity contribution in [3.8, 4) is 0 Å². The number of hydrogen-bond acceptors (Lipinski definition) is 5. The molecule has 2 aliphatic rings. The van der Waals surface area contributed by atoms with Crippen LogP contribution in [-0.4, -0.2) is 77.0 Å². The Hall–Kier alpha value is -1.34. The van der Waals surface area contributed by atoms with E-state index in [0.29, 0.717) is 19.7 Å². The first-order valence-corrected chi connectivity index (χ1v) is 8.08. The highest BCUT2D eigenvalue weighted by atomic mass is 16.6. The molecule has 2 fully saturated rings. The Balaban J connectivity index is 2.05. The van der Waals surface area contributed by atoms with E-state index in [1.165, 1.54) is 0 Å². The maximum Gasteiger partial charge on any atom is 0.410 e. The molecule has 0 aliphatic carbocycles. The Bertz CT molecular complexity index is 468. The standard InChI is InChI=1S/C16H28N2O5/c1-11-12(6-7-22-11)17(5)16(8-13(19)20)9-18(10-16)14(21)23-15(2,3)4/h11-12H,6-10H2,1-5H3,(H,19,20). The number of amides is 1. The minimum absolute atomic E-state index is 0.00597. The van der Waals surface area contributed by atoms with Crippen molar-refractivity contribution in [3.05, 3.63) is 0 Å². The van der Waals surface area contributed by atoms with Gasteiger partial charge in [-0.15, -0.1) is 0 Å². The van der Waals surface area contributed by atoms with E-state index in [1.54, 1.807) is 4.90 Å². The van der Waals surface area contributed by atoms with Crippen LogP contribution in [0.25, 0.3) is 0 Å². The molecular formula is C16H28N2O5. The van der Waals surface area contributed by atoms with E-state index >= 15 is 0 Å². The first-order chi connectivity index (χ1) is 10.5. The number of aliphatic carboxylic acids is 1. The Labute approximate surface area is 137 Å². The monoisotopic (exact) mass is 328 g/mol. The van der Waals surface area contributed by atoms with Gasteiger partial charge in [0.05, 0.1) is 18.1 Å². The highest BCUT2D eigenvalue weighted by molar-refractivity contribution is 5.73. The molecule has 0 bridgehead atoms. The zero-order chi connectivity index (χ0) is 17.4. The average molecular weight is 328 g/mol. The van der Waals surface area contributed by atoms with Gasteiger partial charge in [0, 0.05) is 25.7 Å². The molecule has 2 saturated heterocycles. The Kier molecular flexibility index (Phi) is 4.92. The average Bonchev–Trinajstić information content (AvgIpc) is 2.75. The second-order valence-corrected chi connectivity index (χ2v) is 7.67. The fourth-order valence-corrected chi connectivity index (χ4v) is 3.44. The van der Waals surface area contributed by atoms with E-state index in [2.05, 4.69) is 4.90 Å². The summed E-state index contributed by atoms with van der Waals surface area (Å²) < 4.78 is 11.0. The van der Waals surface area contributed by atoms with Crippen molar-refractivity contribution in [2.45, 2.75) is 63.8 Å². The van der Waals surface area contributed by atoms with Gasteiger partial charge in [0.15, 0.2) is 0 Å². The van der Waals surface area contributed by atoms with Crippen LogP contribution in [0.5, 0.6) is 0 Å². The van der Waals surface area contributed by atoms with Gasteiger partial charge in [0.25, 0.3) is 0 Å². The van der Waals surface area contributed by atoms with E-state index < -0.39 is 17.1 Å². The lowest BCUT2D eigenvalue weighted by Gasteiger charge is -2.55. The molecule has 0 aromatic rings. The molecule has 2 heterocycles. The van der Waals surface area contributed by atoms with Crippen LogP contribution in [0, 0.1) is 0 Å². The van der Waals surface area contributed by atoms with Crippen molar-refractivity contribution in [2.24, 2.45) is 0 Å². The number of likely N-dealkylation sites (N-methyl/N-ethyl adjacent to an activating group) is 1. The smallest absolute Gasteiger partial charge is 0.410 e. The molecule has 23 heavy (non-hydrogen) atoms. The van der Waals surface area contributed by atoms with Gasteiger partial charge in [0.2, 0.25) is 0 Å². The van der Waals surface area contributed by atoms with E-state index in [1.807, 2.05) is 34.7 Å². The first kappa shape index (κ1) is 18.0. The van der Waals surface area contributed by atoms with E-state index in [4.69, 9.17) is 9.47 Å². The highest BCUT2D eigenvalue weighted by Gasteiger charge is 2.53. The van der Waals surface area contributed by atoms with Crippen molar-refractivity contribution in [1.29, 1.82) is 0 Å². The normalized spacial score (nSPS) is 27.0. The minimum atomic E-state index is -0.854. The molecule has 2 atom stereocenters. The fraction of sp³-hybridized carbons (Fsp3) is 0.875. The van der Waals surface area contributed by atoms with Gasteiger partial charge in [-0.05, 0) is 41.2 Å². The highest BCUT2D eigenvalue weighted by Crippen LogP contribution is 2.36. The SMILES string of the molecule is CC1OCCC1N(C)C1(CC(=O)O)CN(C(=O)OC(C)(C)C)C1. The molecule has 0 radical (unpaired) electrons. The molecule has 2 unspecified atom stereocenters. The van der Waals surface area contributed by atoms with Crippen LogP contribution in [0.1, 0.15) is 40.5 Å². The van der Waals surface area contributed by atoms with Crippen molar-refractivity contribution in [2.75, 3.05) is 26.7 Å². The molecule has 7 nitrogen and oxygen atoms in total. The summed E-state index contributed by atoms with van der Waals surface area (Å²) in [4.78, 5) is 27.1. The first-order valence-electron chi connectivity index (χ1n) is 8.08. The van der Waals surface area contributed by atoms with Gasteiger partial charge in [-0.3, -0.25) is 9.69 Å². The quantitative estimate of drug-likeness (QED) is 0.844. The summed E-state index contributed by atoms with van der Waals surface area (Å²) in [6.07, 6.45) is 0.571. The van der Waals surface area contributed by atoms with Gasteiger partial charge in [-0.25, -0.2) is 4.79 Å². The third-order valence-corrected chi connectivity index (χ3v) is 4.68. The maximum absolute atomic E-state index is 12.1. The lowest BCUT2D eigenvalue weighted by Crippen LogP contribution is -2.73. The molecule has 2 rings (SSSR count). The number of hydrogen-bond donors (Lipinski definition) is 1. The van der Waals surface area contributed by atoms with Crippen LogP contribution in [0.3, 0.4) is 0 Å². The molecule has 0 saturated carbocycles. The van der Waals surface area contributed by atoms with Gasteiger partial charge in [0.1, 0.15) is 5.60 Å². The largest absolute Gasteiger partial charge is 0.481 e. The van der Waals surface area contributed by atoms with Crippen LogP contribution >= 0.6 is 0 Å². The van der Waals surface area contributed by atoms with E-state index in [9.17, 15) is 14.7 Å². The van der Waals surface area contributed by atoms with E-state index in [-0.39, 0.29) is 24.7 Å². The number of likely N-dealkylation sites (tertiary alicyclic amines) is 1. The fourth-order valence-electron chi connectivity index (χ4n) is 3.44. The molecule has 7 heteroatoms. The summed E-state index contributed by atoms with van der Waals surface area (Å²) in [5.74, 6) is -0.854. The summed E-state index contributed by atoms with van der Waals surface area (Å²) in [5, 5.41) is 9.29. The van der Waals surface area contributed by atoms with E-state index in [0.717, 1.165) is 6.42 Å². The number of nitrogens with zero attached hydrogens (tertiary/aromatic N) is 2. The van der Waals surface area contributed by atoms with Crippen LogP contribution in [0.4, 0.5) is 4.79 Å². The molecule has 0 aromatic carbocycles. The molecule has 0 spiro atoms. The van der Waals surface area contributed by atoms with Crippen molar-refractivity contribution in [3.63, 3.8) is 0 Å². The molecule has 1 amide bonds. The molecule has 132 valence electrons. The summed E-state index contributed by atoms with van der Waals surface area (Å²) >= 11 is 0. The number of carbonyl (C=O) groups is 2.